The molecule has 0 aromatic carbocycles. The molecule has 1 aliphatic heterocycles. The van der Waals surface area contributed by atoms with E-state index in [4.69, 9.17) is 11.6 Å². The Kier molecular flexibility index (Phi) is 2.72. The fourth-order valence-electron chi connectivity index (χ4n) is 1.66. The lowest BCUT2D eigenvalue weighted by Gasteiger charge is -2.25. The van der Waals surface area contributed by atoms with Crippen molar-refractivity contribution < 1.29 is 4.79 Å². The maximum Gasteiger partial charge on any atom is 0.224 e. The van der Waals surface area contributed by atoms with Crippen LogP contribution in [0.1, 0.15) is 17.8 Å². The fraction of sp³-hybridized carbons (Fsp3) is 0.556. The highest BCUT2D eigenvalue weighted by Crippen LogP contribution is 2.15. The van der Waals surface area contributed by atoms with Crippen molar-refractivity contribution in [2.45, 2.75) is 19.4 Å². The highest BCUT2D eigenvalue weighted by Gasteiger charge is 2.21. The number of carbonyl (C=O) groups excluding carboxylic acids is 1. The average molecular weight is 214 g/mol. The number of aromatic nitrogens is 2. The van der Waals surface area contributed by atoms with Crippen molar-refractivity contribution in [2.24, 2.45) is 0 Å². The molecule has 0 spiro atoms. The first-order chi connectivity index (χ1) is 6.81. The second-order valence-electron chi connectivity index (χ2n) is 3.33. The summed E-state index contributed by atoms with van der Waals surface area (Å²) < 4.78 is 0. The molecule has 0 unspecified atom stereocenters. The van der Waals surface area contributed by atoms with E-state index >= 15 is 0 Å². The lowest BCUT2D eigenvalue weighted by atomic mass is 10.1. The number of nitrogens with one attached hydrogen (secondary N) is 1. The zero-order chi connectivity index (χ0) is 9.97. The summed E-state index contributed by atoms with van der Waals surface area (Å²) in [6.45, 7) is 1.40. The zero-order valence-electron chi connectivity index (χ0n) is 7.79. The molecule has 1 amide bonds. The Labute approximate surface area is 87.3 Å². The molecule has 4 nitrogen and oxygen atoms in total. The van der Waals surface area contributed by atoms with Gasteiger partial charge in [-0.2, -0.15) is 0 Å². The Morgan fingerprint density at radius 1 is 1.71 bits per heavy atom. The smallest absolute Gasteiger partial charge is 0.224 e. The van der Waals surface area contributed by atoms with Crippen LogP contribution in [0.4, 0.5) is 0 Å². The molecular formula is C9H12ClN3O. The van der Waals surface area contributed by atoms with Gasteiger partial charge in [-0.05, 0) is 0 Å². The van der Waals surface area contributed by atoms with E-state index in [0.29, 0.717) is 18.8 Å². The van der Waals surface area contributed by atoms with Gasteiger partial charge in [0.15, 0.2) is 0 Å². The molecule has 2 rings (SSSR count). The molecule has 1 aliphatic rings. The third-order valence-corrected chi connectivity index (χ3v) is 2.63. The van der Waals surface area contributed by atoms with E-state index in [0.717, 1.165) is 24.4 Å². The van der Waals surface area contributed by atoms with Crippen LogP contribution in [0.2, 0.25) is 0 Å². The van der Waals surface area contributed by atoms with Crippen LogP contribution in [0.5, 0.6) is 0 Å². The first-order valence-corrected chi connectivity index (χ1v) is 5.19. The molecule has 76 valence electrons. The van der Waals surface area contributed by atoms with Crippen molar-refractivity contribution in [3.05, 3.63) is 17.7 Å². The number of aromatic amines is 1. The third-order valence-electron chi connectivity index (χ3n) is 2.44. The first kappa shape index (κ1) is 9.52. The topological polar surface area (TPSA) is 49.0 Å². The molecule has 1 N–H and O–H groups in total. The SMILES string of the molecule is O=C(CCCl)N1CCc2nc[nH]c2C1. The monoisotopic (exact) mass is 213 g/mol. The third kappa shape index (κ3) is 1.75. The second-order valence-corrected chi connectivity index (χ2v) is 3.71. The number of halogens is 1. The largest absolute Gasteiger partial charge is 0.347 e. The lowest BCUT2D eigenvalue weighted by molar-refractivity contribution is -0.131. The standard InChI is InChI=1S/C9H12ClN3O/c10-3-1-9(14)13-4-2-7-8(5-13)12-6-11-7/h6H,1-5H2,(H,11,12). The van der Waals surface area contributed by atoms with Crippen molar-refractivity contribution in [3.63, 3.8) is 0 Å². The van der Waals surface area contributed by atoms with Crippen molar-refractivity contribution in [1.82, 2.24) is 14.9 Å². The molecule has 14 heavy (non-hydrogen) atoms. The molecule has 0 fully saturated rings. The molecule has 2 heterocycles. The molecule has 0 saturated carbocycles. The van der Waals surface area contributed by atoms with E-state index in [9.17, 15) is 4.79 Å². The summed E-state index contributed by atoms with van der Waals surface area (Å²) in [5.74, 6) is 0.519. The van der Waals surface area contributed by atoms with Crippen LogP contribution in [-0.4, -0.2) is 33.2 Å². The maximum absolute atomic E-state index is 11.5. The Morgan fingerprint density at radius 3 is 3.36 bits per heavy atom. The van der Waals surface area contributed by atoms with E-state index in [-0.39, 0.29) is 5.91 Å². The van der Waals surface area contributed by atoms with Crippen LogP contribution in [-0.2, 0) is 17.8 Å². The van der Waals surface area contributed by atoms with Gasteiger partial charge in [-0.3, -0.25) is 4.79 Å². The van der Waals surface area contributed by atoms with Gasteiger partial charge in [0.1, 0.15) is 0 Å². The molecule has 1 aromatic heterocycles. The van der Waals surface area contributed by atoms with Crippen LogP contribution in [0.3, 0.4) is 0 Å². The number of amides is 1. The van der Waals surface area contributed by atoms with E-state index in [2.05, 4.69) is 9.97 Å². The second kappa shape index (κ2) is 4.00. The summed E-state index contributed by atoms with van der Waals surface area (Å²) in [4.78, 5) is 20.6. The molecule has 1 aromatic rings. The van der Waals surface area contributed by atoms with Crippen LogP contribution in [0.15, 0.2) is 6.33 Å². The van der Waals surface area contributed by atoms with Gasteiger partial charge >= 0.3 is 0 Å². The number of carbonyl (C=O) groups is 1. The summed E-state index contributed by atoms with van der Waals surface area (Å²) >= 11 is 5.53. The van der Waals surface area contributed by atoms with Gasteiger partial charge in [0.05, 0.1) is 24.3 Å². The number of hydrogen-bond donors (Lipinski definition) is 1. The molecule has 5 heteroatoms. The van der Waals surface area contributed by atoms with Crippen LogP contribution in [0.25, 0.3) is 0 Å². The highest BCUT2D eigenvalue weighted by atomic mass is 35.5. The van der Waals surface area contributed by atoms with Crippen molar-refractivity contribution in [3.8, 4) is 0 Å². The molecule has 0 bridgehead atoms. The summed E-state index contributed by atoms with van der Waals surface area (Å²) in [5.41, 5.74) is 2.14. The Morgan fingerprint density at radius 2 is 2.57 bits per heavy atom. The quantitative estimate of drug-likeness (QED) is 0.743. The minimum absolute atomic E-state index is 0.125. The minimum atomic E-state index is 0.125. The van der Waals surface area contributed by atoms with Gasteiger partial charge < -0.3 is 9.88 Å². The zero-order valence-corrected chi connectivity index (χ0v) is 8.55. The predicted octanol–water partition coefficient (Wildman–Crippen LogP) is 0.923. The predicted molar refractivity (Wildman–Crippen MR) is 53.0 cm³/mol. The van der Waals surface area contributed by atoms with Crippen molar-refractivity contribution in [2.75, 3.05) is 12.4 Å². The molecule has 0 aliphatic carbocycles. The van der Waals surface area contributed by atoms with Gasteiger partial charge in [0, 0.05) is 25.3 Å². The first-order valence-electron chi connectivity index (χ1n) is 4.66. The summed E-state index contributed by atoms with van der Waals surface area (Å²) in [5, 5.41) is 0. The van der Waals surface area contributed by atoms with Crippen molar-refractivity contribution in [1.29, 1.82) is 0 Å². The summed E-state index contributed by atoms with van der Waals surface area (Å²) in [7, 11) is 0. The van der Waals surface area contributed by atoms with Gasteiger partial charge in [-0.15, -0.1) is 11.6 Å². The van der Waals surface area contributed by atoms with Crippen LogP contribution in [0, 0.1) is 0 Å². The van der Waals surface area contributed by atoms with E-state index in [1.807, 2.05) is 4.90 Å². The van der Waals surface area contributed by atoms with Crippen LogP contribution >= 0.6 is 11.6 Å². The average Bonchev–Trinajstić information content (AvgIpc) is 2.64. The van der Waals surface area contributed by atoms with Crippen molar-refractivity contribution >= 4 is 17.5 Å². The highest BCUT2D eigenvalue weighted by molar-refractivity contribution is 6.18. The van der Waals surface area contributed by atoms with E-state index in [1.54, 1.807) is 6.33 Å². The number of nitrogens with zero attached hydrogens (tertiary/aromatic N) is 2. The Hall–Kier alpha value is -1.03. The number of imidazole rings is 1. The fourth-order valence-corrected chi connectivity index (χ4v) is 1.83. The number of fused-ring (bicyclic) bond motifs is 1. The van der Waals surface area contributed by atoms with Gasteiger partial charge in [0.25, 0.3) is 0 Å². The number of H-pyrrole nitrogens is 1. The van der Waals surface area contributed by atoms with Gasteiger partial charge in [-0.25, -0.2) is 4.98 Å². The van der Waals surface area contributed by atoms with E-state index in [1.165, 1.54) is 0 Å². The normalized spacial score (nSPS) is 15.4. The van der Waals surface area contributed by atoms with E-state index < -0.39 is 0 Å². The lowest BCUT2D eigenvalue weighted by Crippen LogP contribution is -2.36. The maximum atomic E-state index is 11.5. The Balaban J connectivity index is 2.04. The number of hydrogen-bond acceptors (Lipinski definition) is 2. The van der Waals surface area contributed by atoms with Crippen LogP contribution < -0.4 is 0 Å². The molecule has 0 saturated heterocycles. The number of alkyl halides is 1. The summed E-state index contributed by atoms with van der Waals surface area (Å²) in [6, 6.07) is 0. The summed E-state index contributed by atoms with van der Waals surface area (Å²) in [6.07, 6.45) is 2.94. The number of rotatable bonds is 2. The Bertz CT molecular complexity index is 337. The van der Waals surface area contributed by atoms with Gasteiger partial charge in [0.2, 0.25) is 5.91 Å². The van der Waals surface area contributed by atoms with Gasteiger partial charge in [-0.1, -0.05) is 0 Å². The molecular weight excluding hydrogens is 202 g/mol. The molecule has 0 atom stereocenters. The minimum Gasteiger partial charge on any atom is -0.347 e. The molecule has 0 radical (unpaired) electrons.